The highest BCUT2D eigenvalue weighted by atomic mass is 35.5. The van der Waals surface area contributed by atoms with Crippen molar-refractivity contribution in [1.29, 1.82) is 0 Å². The first kappa shape index (κ1) is 17.9. The van der Waals surface area contributed by atoms with E-state index < -0.39 is 0 Å². The van der Waals surface area contributed by atoms with E-state index in [9.17, 15) is 4.79 Å². The Bertz CT molecular complexity index is 910. The number of rotatable bonds is 4. The van der Waals surface area contributed by atoms with Gasteiger partial charge in [0.2, 0.25) is 0 Å². The molecule has 1 heterocycles. The minimum absolute atomic E-state index is 0.215. The number of nitrogens with two attached hydrogens (primary N) is 1. The van der Waals surface area contributed by atoms with E-state index in [-0.39, 0.29) is 11.1 Å². The van der Waals surface area contributed by atoms with Crippen LogP contribution in [-0.4, -0.2) is 11.1 Å². The monoisotopic (exact) mass is 392 g/mol. The minimum atomic E-state index is -0.386. The van der Waals surface area contributed by atoms with Gasteiger partial charge in [-0.3, -0.25) is 4.79 Å². The third-order valence-corrected chi connectivity index (χ3v) is 4.91. The Morgan fingerprint density at radius 1 is 1.28 bits per heavy atom. The maximum absolute atomic E-state index is 11.8. The zero-order valence-corrected chi connectivity index (χ0v) is 15.6. The van der Waals surface area contributed by atoms with E-state index in [1.54, 1.807) is 18.2 Å². The number of ether oxygens (including phenoxy) is 1. The van der Waals surface area contributed by atoms with Gasteiger partial charge in [-0.05, 0) is 48.0 Å². The molecule has 0 saturated carbocycles. The smallest absolute Gasteiger partial charge is 0.286 e. The van der Waals surface area contributed by atoms with Crippen LogP contribution in [0.25, 0.3) is 6.08 Å². The summed E-state index contributed by atoms with van der Waals surface area (Å²) < 4.78 is 5.94. The SMILES string of the molecule is Cc1ccccc1COc1c(Cl)cc(Cl)cc1/C=C1\SC(N)=NC1=O. The molecule has 0 fully saturated rings. The van der Waals surface area contributed by atoms with Gasteiger partial charge in [0.25, 0.3) is 5.91 Å². The highest BCUT2D eigenvalue weighted by molar-refractivity contribution is 8.18. The number of amides is 1. The molecule has 1 aliphatic rings. The summed E-state index contributed by atoms with van der Waals surface area (Å²) in [6, 6.07) is 11.2. The molecule has 25 heavy (non-hydrogen) atoms. The van der Waals surface area contributed by atoms with Crippen LogP contribution in [0.5, 0.6) is 5.75 Å². The normalized spacial score (nSPS) is 15.6. The topological polar surface area (TPSA) is 64.7 Å². The summed E-state index contributed by atoms with van der Waals surface area (Å²) in [4.78, 5) is 15.9. The van der Waals surface area contributed by atoms with Gasteiger partial charge in [0, 0.05) is 10.6 Å². The van der Waals surface area contributed by atoms with Crippen LogP contribution in [0.1, 0.15) is 16.7 Å². The second-order valence-electron chi connectivity index (χ2n) is 5.39. The molecule has 0 spiro atoms. The van der Waals surface area contributed by atoms with Gasteiger partial charge >= 0.3 is 0 Å². The average molecular weight is 393 g/mol. The van der Waals surface area contributed by atoms with Gasteiger partial charge in [-0.2, -0.15) is 4.99 Å². The third-order valence-electron chi connectivity index (χ3n) is 3.59. The van der Waals surface area contributed by atoms with Crippen molar-refractivity contribution in [3.05, 3.63) is 68.0 Å². The molecule has 7 heteroatoms. The Hall–Kier alpha value is -1.95. The largest absolute Gasteiger partial charge is 0.487 e. The van der Waals surface area contributed by atoms with Crippen molar-refractivity contribution in [3.8, 4) is 5.75 Å². The van der Waals surface area contributed by atoms with Gasteiger partial charge in [0.1, 0.15) is 12.4 Å². The molecule has 0 aromatic heterocycles. The molecule has 2 aromatic rings. The van der Waals surface area contributed by atoms with Crippen molar-refractivity contribution in [2.24, 2.45) is 10.7 Å². The van der Waals surface area contributed by atoms with E-state index in [0.29, 0.717) is 32.9 Å². The van der Waals surface area contributed by atoms with Crippen LogP contribution in [0, 0.1) is 6.92 Å². The third kappa shape index (κ3) is 4.18. The van der Waals surface area contributed by atoms with E-state index in [0.717, 1.165) is 22.9 Å². The lowest BCUT2D eigenvalue weighted by Crippen LogP contribution is -2.01. The number of benzene rings is 2. The Kier molecular flexibility index (Phi) is 5.37. The summed E-state index contributed by atoms with van der Waals surface area (Å²) in [5.41, 5.74) is 8.36. The second kappa shape index (κ2) is 7.52. The van der Waals surface area contributed by atoms with E-state index in [4.69, 9.17) is 33.7 Å². The van der Waals surface area contributed by atoms with Gasteiger partial charge in [0.15, 0.2) is 5.17 Å². The quantitative estimate of drug-likeness (QED) is 0.758. The summed E-state index contributed by atoms with van der Waals surface area (Å²) in [5.74, 6) is 0.0733. The molecule has 0 radical (unpaired) electrons. The fourth-order valence-electron chi connectivity index (χ4n) is 2.33. The lowest BCUT2D eigenvalue weighted by molar-refractivity contribution is -0.113. The maximum Gasteiger partial charge on any atom is 0.286 e. The van der Waals surface area contributed by atoms with Gasteiger partial charge in [-0.15, -0.1) is 0 Å². The molecule has 0 unspecified atom stereocenters. The number of carbonyl (C=O) groups is 1. The molecule has 2 aromatic carbocycles. The first-order valence-electron chi connectivity index (χ1n) is 7.38. The van der Waals surface area contributed by atoms with E-state index in [1.165, 1.54) is 0 Å². The van der Waals surface area contributed by atoms with Crippen LogP contribution < -0.4 is 10.5 Å². The van der Waals surface area contributed by atoms with Gasteiger partial charge in [-0.25, -0.2) is 0 Å². The molecule has 0 bridgehead atoms. The number of aliphatic imine (C=N–C) groups is 1. The molecule has 3 rings (SSSR count). The van der Waals surface area contributed by atoms with Crippen molar-refractivity contribution >= 4 is 52.1 Å². The maximum atomic E-state index is 11.8. The van der Waals surface area contributed by atoms with Crippen LogP contribution in [0.4, 0.5) is 0 Å². The van der Waals surface area contributed by atoms with Crippen LogP contribution in [0.2, 0.25) is 10.0 Å². The molecule has 4 nitrogen and oxygen atoms in total. The summed E-state index contributed by atoms with van der Waals surface area (Å²) in [5, 5.41) is 1.04. The fraction of sp³-hybridized carbons (Fsp3) is 0.111. The standard InChI is InChI=1S/C18H14Cl2N2O2S/c1-10-4-2-3-5-11(10)9-24-16-12(6-13(19)8-14(16)20)7-15-17(23)22-18(21)25-15/h2-8H,9H2,1H3,(H2,21,22,23)/b15-7-. The van der Waals surface area contributed by atoms with E-state index in [1.807, 2.05) is 31.2 Å². The van der Waals surface area contributed by atoms with E-state index in [2.05, 4.69) is 4.99 Å². The fourth-order valence-corrected chi connectivity index (χ4v) is 3.56. The molecule has 128 valence electrons. The number of thioether (sulfide) groups is 1. The molecule has 0 aliphatic carbocycles. The van der Waals surface area contributed by atoms with Crippen LogP contribution in [0.15, 0.2) is 46.3 Å². The number of hydrogen-bond acceptors (Lipinski definition) is 4. The van der Waals surface area contributed by atoms with Crippen LogP contribution in [0.3, 0.4) is 0 Å². The predicted molar refractivity (Wildman–Crippen MR) is 104 cm³/mol. The lowest BCUT2D eigenvalue weighted by atomic mass is 10.1. The summed E-state index contributed by atoms with van der Waals surface area (Å²) in [7, 11) is 0. The van der Waals surface area contributed by atoms with Crippen molar-refractivity contribution in [2.45, 2.75) is 13.5 Å². The first-order chi connectivity index (χ1) is 11.9. The Morgan fingerprint density at radius 3 is 2.72 bits per heavy atom. The number of amidine groups is 1. The van der Waals surface area contributed by atoms with Crippen LogP contribution >= 0.6 is 35.0 Å². The van der Waals surface area contributed by atoms with Gasteiger partial charge in [0.05, 0.1) is 9.93 Å². The summed E-state index contributed by atoms with van der Waals surface area (Å²) >= 11 is 13.5. The van der Waals surface area contributed by atoms with Crippen molar-refractivity contribution in [3.63, 3.8) is 0 Å². The van der Waals surface area contributed by atoms with Gasteiger partial charge < -0.3 is 10.5 Å². The number of hydrogen-bond donors (Lipinski definition) is 1. The van der Waals surface area contributed by atoms with Crippen LogP contribution in [-0.2, 0) is 11.4 Å². The molecule has 1 amide bonds. The zero-order chi connectivity index (χ0) is 18.0. The predicted octanol–water partition coefficient (Wildman–Crippen LogP) is 4.81. The van der Waals surface area contributed by atoms with Crippen molar-refractivity contribution < 1.29 is 9.53 Å². The highest BCUT2D eigenvalue weighted by Gasteiger charge is 2.21. The number of aryl methyl sites for hydroxylation is 1. The number of nitrogens with zero attached hydrogens (tertiary/aromatic N) is 1. The Labute approximate surface area is 159 Å². The molecule has 1 aliphatic heterocycles. The minimum Gasteiger partial charge on any atom is -0.487 e. The Balaban J connectivity index is 1.92. The number of carbonyl (C=O) groups excluding carboxylic acids is 1. The second-order valence-corrected chi connectivity index (χ2v) is 7.29. The Morgan fingerprint density at radius 2 is 2.04 bits per heavy atom. The first-order valence-corrected chi connectivity index (χ1v) is 8.95. The van der Waals surface area contributed by atoms with Crippen molar-refractivity contribution in [1.82, 2.24) is 0 Å². The number of halogens is 2. The zero-order valence-electron chi connectivity index (χ0n) is 13.3. The summed E-state index contributed by atoms with van der Waals surface area (Å²) in [6.07, 6.45) is 1.64. The molecule has 2 N–H and O–H groups in total. The van der Waals surface area contributed by atoms with E-state index >= 15 is 0 Å². The average Bonchev–Trinajstić information content (AvgIpc) is 2.85. The summed E-state index contributed by atoms with van der Waals surface area (Å²) in [6.45, 7) is 2.36. The highest BCUT2D eigenvalue weighted by Crippen LogP contribution is 2.36. The molecule has 0 atom stereocenters. The molecular formula is C18H14Cl2N2O2S. The van der Waals surface area contributed by atoms with Gasteiger partial charge in [-0.1, -0.05) is 47.5 Å². The van der Waals surface area contributed by atoms with Crippen molar-refractivity contribution in [2.75, 3.05) is 0 Å². The lowest BCUT2D eigenvalue weighted by Gasteiger charge is -2.13. The molecular weight excluding hydrogens is 379 g/mol. The molecule has 0 saturated heterocycles.